The lowest BCUT2D eigenvalue weighted by atomic mass is 10.2. The van der Waals surface area contributed by atoms with E-state index in [1.54, 1.807) is 13.2 Å². The van der Waals surface area contributed by atoms with Gasteiger partial charge < -0.3 is 14.4 Å². The van der Waals surface area contributed by atoms with Gasteiger partial charge in [0.2, 0.25) is 0 Å². The van der Waals surface area contributed by atoms with Gasteiger partial charge in [-0.15, -0.1) is 0 Å². The molecule has 0 N–H and O–H groups in total. The number of fused-ring (bicyclic) bond motifs is 1. The van der Waals surface area contributed by atoms with Crippen molar-refractivity contribution in [1.29, 1.82) is 0 Å². The van der Waals surface area contributed by atoms with Gasteiger partial charge in [0.25, 0.3) is 0 Å². The van der Waals surface area contributed by atoms with E-state index in [2.05, 4.69) is 14.9 Å². The maximum absolute atomic E-state index is 13.5. The zero-order valence-corrected chi connectivity index (χ0v) is 11.3. The summed E-state index contributed by atoms with van der Waals surface area (Å²) < 4.78 is 24.2. The Morgan fingerprint density at radius 1 is 1.45 bits per heavy atom. The van der Waals surface area contributed by atoms with Gasteiger partial charge in [0.1, 0.15) is 18.0 Å². The molecule has 0 amide bonds. The molecule has 2 heterocycles. The number of rotatable bonds is 3. The summed E-state index contributed by atoms with van der Waals surface area (Å²) in [5.74, 6) is 0.467. The highest BCUT2D eigenvalue weighted by Gasteiger charge is 2.23. The first-order valence-electron chi connectivity index (χ1n) is 6.53. The third-order valence-electron chi connectivity index (χ3n) is 3.37. The van der Waals surface area contributed by atoms with E-state index in [1.807, 2.05) is 0 Å². The Morgan fingerprint density at radius 3 is 3.20 bits per heavy atom. The highest BCUT2D eigenvalue weighted by molar-refractivity contribution is 5.89. The van der Waals surface area contributed by atoms with Crippen molar-refractivity contribution in [2.24, 2.45) is 0 Å². The SMILES string of the molecule is COCC1CN(c2ncnc3ccc(F)cc23)CCO1. The summed E-state index contributed by atoms with van der Waals surface area (Å²) >= 11 is 0. The highest BCUT2D eigenvalue weighted by Crippen LogP contribution is 2.25. The molecule has 1 fully saturated rings. The van der Waals surface area contributed by atoms with E-state index < -0.39 is 0 Å². The third-order valence-corrected chi connectivity index (χ3v) is 3.37. The van der Waals surface area contributed by atoms with E-state index in [-0.39, 0.29) is 11.9 Å². The lowest BCUT2D eigenvalue weighted by Gasteiger charge is -2.33. The van der Waals surface area contributed by atoms with Crippen LogP contribution in [-0.2, 0) is 9.47 Å². The molecule has 1 aliphatic heterocycles. The molecule has 0 bridgehead atoms. The minimum Gasteiger partial charge on any atom is -0.382 e. The average molecular weight is 277 g/mol. The monoisotopic (exact) mass is 277 g/mol. The first kappa shape index (κ1) is 13.2. The van der Waals surface area contributed by atoms with E-state index in [9.17, 15) is 4.39 Å². The molecule has 1 aromatic heterocycles. The fourth-order valence-electron chi connectivity index (χ4n) is 2.47. The van der Waals surface area contributed by atoms with Crippen LogP contribution in [0.4, 0.5) is 10.2 Å². The van der Waals surface area contributed by atoms with Gasteiger partial charge in [-0.25, -0.2) is 14.4 Å². The van der Waals surface area contributed by atoms with E-state index in [0.29, 0.717) is 19.8 Å². The van der Waals surface area contributed by atoms with Crippen molar-refractivity contribution in [3.63, 3.8) is 0 Å². The van der Waals surface area contributed by atoms with Crippen molar-refractivity contribution >= 4 is 16.7 Å². The zero-order valence-electron chi connectivity index (χ0n) is 11.3. The van der Waals surface area contributed by atoms with Crippen LogP contribution in [0.1, 0.15) is 0 Å². The quantitative estimate of drug-likeness (QED) is 0.853. The van der Waals surface area contributed by atoms with Crippen LogP contribution in [0.25, 0.3) is 10.9 Å². The second-order valence-corrected chi connectivity index (χ2v) is 4.75. The van der Waals surface area contributed by atoms with Crippen LogP contribution < -0.4 is 4.90 Å². The van der Waals surface area contributed by atoms with E-state index in [0.717, 1.165) is 23.3 Å². The number of hydrogen-bond acceptors (Lipinski definition) is 5. The van der Waals surface area contributed by atoms with E-state index in [4.69, 9.17) is 9.47 Å². The van der Waals surface area contributed by atoms with Crippen molar-refractivity contribution in [2.45, 2.75) is 6.10 Å². The predicted octanol–water partition coefficient (Wildman–Crippen LogP) is 1.62. The Bertz CT molecular complexity index is 606. The maximum atomic E-state index is 13.5. The van der Waals surface area contributed by atoms with Crippen molar-refractivity contribution < 1.29 is 13.9 Å². The molecule has 0 radical (unpaired) electrons. The Hall–Kier alpha value is -1.79. The van der Waals surface area contributed by atoms with Crippen molar-refractivity contribution in [3.8, 4) is 0 Å². The van der Waals surface area contributed by atoms with Gasteiger partial charge in [0.15, 0.2) is 0 Å². The standard InChI is InChI=1S/C14H16FN3O2/c1-19-8-11-7-18(4-5-20-11)14-12-6-10(15)2-3-13(12)16-9-17-14/h2-3,6,9,11H,4-5,7-8H2,1H3. The lowest BCUT2D eigenvalue weighted by Crippen LogP contribution is -2.44. The molecular formula is C14H16FN3O2. The second kappa shape index (κ2) is 5.68. The van der Waals surface area contributed by atoms with Crippen LogP contribution in [0.2, 0.25) is 0 Å². The van der Waals surface area contributed by atoms with Gasteiger partial charge in [-0.3, -0.25) is 0 Å². The molecule has 3 rings (SSSR count). The van der Waals surface area contributed by atoms with Gasteiger partial charge in [0.05, 0.1) is 24.8 Å². The number of ether oxygens (including phenoxy) is 2. The van der Waals surface area contributed by atoms with Gasteiger partial charge in [-0.05, 0) is 18.2 Å². The number of morpholine rings is 1. The van der Waals surface area contributed by atoms with E-state index in [1.165, 1.54) is 18.5 Å². The Morgan fingerprint density at radius 2 is 2.35 bits per heavy atom. The predicted molar refractivity (Wildman–Crippen MR) is 73.3 cm³/mol. The van der Waals surface area contributed by atoms with Gasteiger partial charge in [-0.2, -0.15) is 0 Å². The largest absolute Gasteiger partial charge is 0.382 e. The first-order chi connectivity index (χ1) is 9.78. The molecular weight excluding hydrogens is 261 g/mol. The molecule has 106 valence electrons. The van der Waals surface area contributed by atoms with Crippen LogP contribution in [0.15, 0.2) is 24.5 Å². The molecule has 6 heteroatoms. The first-order valence-corrected chi connectivity index (χ1v) is 6.53. The number of aromatic nitrogens is 2. The fraction of sp³-hybridized carbons (Fsp3) is 0.429. The van der Waals surface area contributed by atoms with Gasteiger partial charge >= 0.3 is 0 Å². The summed E-state index contributed by atoms with van der Waals surface area (Å²) in [7, 11) is 1.65. The topological polar surface area (TPSA) is 47.5 Å². The summed E-state index contributed by atoms with van der Waals surface area (Å²) in [6, 6.07) is 4.56. The minimum atomic E-state index is -0.282. The summed E-state index contributed by atoms with van der Waals surface area (Å²) in [6.45, 7) is 2.54. The molecule has 1 aromatic carbocycles. The average Bonchev–Trinajstić information content (AvgIpc) is 2.47. The number of methoxy groups -OCH3 is 1. The minimum absolute atomic E-state index is 0.00678. The molecule has 2 aromatic rings. The highest BCUT2D eigenvalue weighted by atomic mass is 19.1. The summed E-state index contributed by atoms with van der Waals surface area (Å²) in [5, 5.41) is 0.727. The van der Waals surface area contributed by atoms with Crippen molar-refractivity contribution in [2.75, 3.05) is 38.3 Å². The smallest absolute Gasteiger partial charge is 0.140 e. The van der Waals surface area contributed by atoms with Crippen LogP contribution >= 0.6 is 0 Å². The number of benzene rings is 1. The Labute approximate surface area is 116 Å². The van der Waals surface area contributed by atoms with E-state index >= 15 is 0 Å². The maximum Gasteiger partial charge on any atom is 0.140 e. The molecule has 20 heavy (non-hydrogen) atoms. The lowest BCUT2D eigenvalue weighted by molar-refractivity contribution is -0.0101. The third kappa shape index (κ3) is 2.57. The van der Waals surface area contributed by atoms with Gasteiger partial charge in [-0.1, -0.05) is 0 Å². The Balaban J connectivity index is 1.94. The molecule has 1 saturated heterocycles. The molecule has 1 unspecified atom stereocenters. The van der Waals surface area contributed by atoms with Crippen LogP contribution in [0.5, 0.6) is 0 Å². The zero-order chi connectivity index (χ0) is 13.9. The molecule has 0 spiro atoms. The van der Waals surface area contributed by atoms with Gasteiger partial charge in [0, 0.05) is 25.6 Å². The number of anilines is 1. The van der Waals surface area contributed by atoms with Crippen LogP contribution in [0.3, 0.4) is 0 Å². The normalized spacial score (nSPS) is 19.5. The molecule has 1 aliphatic rings. The van der Waals surface area contributed by atoms with Crippen LogP contribution in [-0.4, -0.2) is 49.5 Å². The number of hydrogen-bond donors (Lipinski definition) is 0. The Kier molecular flexibility index (Phi) is 3.75. The van der Waals surface area contributed by atoms with Crippen molar-refractivity contribution in [1.82, 2.24) is 9.97 Å². The second-order valence-electron chi connectivity index (χ2n) is 4.75. The molecule has 5 nitrogen and oxygen atoms in total. The summed E-state index contributed by atoms with van der Waals surface area (Å²) in [5.41, 5.74) is 0.742. The number of halogens is 1. The molecule has 0 saturated carbocycles. The number of nitrogens with zero attached hydrogens (tertiary/aromatic N) is 3. The summed E-state index contributed by atoms with van der Waals surface area (Å²) in [4.78, 5) is 10.6. The van der Waals surface area contributed by atoms with Crippen LogP contribution in [0, 0.1) is 5.82 Å². The fourth-order valence-corrected chi connectivity index (χ4v) is 2.47. The van der Waals surface area contributed by atoms with Crippen molar-refractivity contribution in [3.05, 3.63) is 30.3 Å². The molecule has 0 aliphatic carbocycles. The molecule has 1 atom stereocenters. The summed E-state index contributed by atoms with van der Waals surface area (Å²) in [6.07, 6.45) is 1.52.